The Morgan fingerprint density at radius 3 is 2.78 bits per heavy atom. The first-order valence-corrected chi connectivity index (χ1v) is 3.28. The maximum Gasteiger partial charge on any atom is 0.0845 e. The van der Waals surface area contributed by atoms with E-state index in [1.54, 1.807) is 6.26 Å². The third-order valence-corrected chi connectivity index (χ3v) is 0.990. The molecule has 0 aromatic heterocycles. The summed E-state index contributed by atoms with van der Waals surface area (Å²) in [6.45, 7) is 5.42. The van der Waals surface area contributed by atoms with E-state index in [0.29, 0.717) is 6.54 Å². The fraction of sp³-hybridized carbons (Fsp3) is 0.714. The quantitative estimate of drug-likeness (QED) is 0.580. The summed E-state index contributed by atoms with van der Waals surface area (Å²) in [5.41, 5.74) is 6.51. The molecule has 2 heteroatoms. The number of ether oxygens (including phenoxy) is 1. The Balaban J connectivity index is 3.30. The molecule has 0 unspecified atom stereocenters. The van der Waals surface area contributed by atoms with Crippen molar-refractivity contribution in [2.75, 3.05) is 13.2 Å². The van der Waals surface area contributed by atoms with E-state index in [2.05, 4.69) is 0 Å². The van der Waals surface area contributed by atoms with E-state index >= 15 is 0 Å². The minimum absolute atomic E-state index is 0.704. The zero-order valence-electron chi connectivity index (χ0n) is 6.18. The maximum absolute atomic E-state index is 5.30. The number of nitrogens with two attached hydrogens (primary N) is 1. The summed E-state index contributed by atoms with van der Waals surface area (Å²) in [5, 5.41) is 0. The predicted octanol–water partition coefficient (Wildman–Crippen LogP) is 1.28. The smallest absolute Gasteiger partial charge is 0.0845 e. The monoisotopic (exact) mass is 129 g/mol. The standard InChI is InChI=1S/C7H15NO/c1-3-9-6-7(2)4-5-8/h6H,3-5,8H2,1-2H3/b7-6+. The Kier molecular flexibility index (Phi) is 5.32. The van der Waals surface area contributed by atoms with Crippen molar-refractivity contribution >= 4 is 0 Å². The second-order valence-corrected chi connectivity index (χ2v) is 1.96. The maximum atomic E-state index is 5.30. The fourth-order valence-electron chi connectivity index (χ4n) is 0.512. The van der Waals surface area contributed by atoms with Crippen molar-refractivity contribution in [1.29, 1.82) is 0 Å². The van der Waals surface area contributed by atoms with E-state index in [-0.39, 0.29) is 0 Å². The second-order valence-electron chi connectivity index (χ2n) is 1.96. The van der Waals surface area contributed by atoms with Gasteiger partial charge >= 0.3 is 0 Å². The molecule has 0 aliphatic carbocycles. The lowest BCUT2D eigenvalue weighted by Gasteiger charge is -1.97. The van der Waals surface area contributed by atoms with Gasteiger partial charge in [-0.2, -0.15) is 0 Å². The van der Waals surface area contributed by atoms with Crippen LogP contribution in [0.2, 0.25) is 0 Å². The van der Waals surface area contributed by atoms with Crippen molar-refractivity contribution in [3.8, 4) is 0 Å². The third kappa shape index (κ3) is 5.37. The van der Waals surface area contributed by atoms with E-state index in [4.69, 9.17) is 10.5 Å². The molecule has 0 spiro atoms. The minimum atomic E-state index is 0.704. The van der Waals surface area contributed by atoms with Gasteiger partial charge in [-0.05, 0) is 32.4 Å². The summed E-state index contributed by atoms with van der Waals surface area (Å²) in [4.78, 5) is 0. The lowest BCUT2D eigenvalue weighted by atomic mass is 10.2. The fourth-order valence-corrected chi connectivity index (χ4v) is 0.512. The summed E-state index contributed by atoms with van der Waals surface area (Å²) in [6, 6.07) is 0. The molecule has 2 nitrogen and oxygen atoms in total. The van der Waals surface area contributed by atoms with Crippen LogP contribution in [0.3, 0.4) is 0 Å². The Labute approximate surface area is 56.7 Å². The number of rotatable bonds is 4. The number of hydrogen-bond acceptors (Lipinski definition) is 2. The highest BCUT2D eigenvalue weighted by Gasteiger charge is 1.84. The van der Waals surface area contributed by atoms with Crippen molar-refractivity contribution in [3.63, 3.8) is 0 Å². The van der Waals surface area contributed by atoms with Gasteiger partial charge in [0.25, 0.3) is 0 Å². The van der Waals surface area contributed by atoms with Gasteiger partial charge in [0.2, 0.25) is 0 Å². The summed E-state index contributed by atoms with van der Waals surface area (Å²) >= 11 is 0. The molecule has 0 heterocycles. The molecule has 0 saturated carbocycles. The van der Waals surface area contributed by atoms with E-state index < -0.39 is 0 Å². The lowest BCUT2D eigenvalue weighted by molar-refractivity contribution is 0.265. The van der Waals surface area contributed by atoms with Gasteiger partial charge in [-0.25, -0.2) is 0 Å². The van der Waals surface area contributed by atoms with Crippen molar-refractivity contribution in [2.24, 2.45) is 5.73 Å². The highest BCUT2D eigenvalue weighted by atomic mass is 16.5. The molecule has 0 fully saturated rings. The highest BCUT2D eigenvalue weighted by molar-refractivity contribution is 4.92. The number of hydrogen-bond donors (Lipinski definition) is 1. The molecule has 0 rings (SSSR count). The van der Waals surface area contributed by atoms with Gasteiger partial charge in [-0.1, -0.05) is 0 Å². The topological polar surface area (TPSA) is 35.2 Å². The van der Waals surface area contributed by atoms with Gasteiger partial charge in [-0.3, -0.25) is 0 Å². The van der Waals surface area contributed by atoms with E-state index in [1.165, 1.54) is 5.57 Å². The normalized spacial score (nSPS) is 11.7. The summed E-state index contributed by atoms with van der Waals surface area (Å²) < 4.78 is 5.03. The SMILES string of the molecule is CCO/C=C(\C)CCN. The second kappa shape index (κ2) is 5.63. The average molecular weight is 129 g/mol. The zero-order chi connectivity index (χ0) is 7.11. The van der Waals surface area contributed by atoms with Crippen LogP contribution >= 0.6 is 0 Å². The van der Waals surface area contributed by atoms with Crippen LogP contribution in [-0.2, 0) is 4.74 Å². The van der Waals surface area contributed by atoms with Gasteiger partial charge in [0, 0.05) is 0 Å². The van der Waals surface area contributed by atoms with Crippen molar-refractivity contribution in [3.05, 3.63) is 11.8 Å². The molecule has 0 aliphatic rings. The van der Waals surface area contributed by atoms with Crippen LogP contribution in [-0.4, -0.2) is 13.2 Å². The first-order valence-electron chi connectivity index (χ1n) is 3.28. The molecule has 2 N–H and O–H groups in total. The molecule has 0 radical (unpaired) electrons. The Morgan fingerprint density at radius 1 is 1.67 bits per heavy atom. The van der Waals surface area contributed by atoms with Crippen LogP contribution < -0.4 is 5.73 Å². The first-order chi connectivity index (χ1) is 4.31. The van der Waals surface area contributed by atoms with Crippen LogP contribution in [0.1, 0.15) is 20.3 Å². The van der Waals surface area contributed by atoms with Gasteiger partial charge in [0.05, 0.1) is 12.9 Å². The van der Waals surface area contributed by atoms with Crippen LogP contribution in [0, 0.1) is 0 Å². The van der Waals surface area contributed by atoms with Crippen LogP contribution in [0.5, 0.6) is 0 Å². The van der Waals surface area contributed by atoms with Crippen LogP contribution in [0.4, 0.5) is 0 Å². The minimum Gasteiger partial charge on any atom is -0.502 e. The largest absolute Gasteiger partial charge is 0.502 e. The third-order valence-electron chi connectivity index (χ3n) is 0.990. The summed E-state index contributed by atoms with van der Waals surface area (Å²) in [5.74, 6) is 0. The van der Waals surface area contributed by atoms with Crippen LogP contribution in [0.15, 0.2) is 11.8 Å². The Bertz CT molecular complexity index is 88.9. The molecule has 54 valence electrons. The molecule has 0 atom stereocenters. The van der Waals surface area contributed by atoms with Crippen molar-refractivity contribution < 1.29 is 4.74 Å². The highest BCUT2D eigenvalue weighted by Crippen LogP contribution is 1.96. The van der Waals surface area contributed by atoms with Crippen LogP contribution in [0.25, 0.3) is 0 Å². The first kappa shape index (κ1) is 8.50. The van der Waals surface area contributed by atoms with E-state index in [9.17, 15) is 0 Å². The molecular formula is C7H15NO. The zero-order valence-corrected chi connectivity index (χ0v) is 6.18. The van der Waals surface area contributed by atoms with Gasteiger partial charge in [0.15, 0.2) is 0 Å². The van der Waals surface area contributed by atoms with Crippen molar-refractivity contribution in [1.82, 2.24) is 0 Å². The average Bonchev–Trinajstić information content (AvgIpc) is 1.85. The van der Waals surface area contributed by atoms with Crippen molar-refractivity contribution in [2.45, 2.75) is 20.3 Å². The molecule has 0 aliphatic heterocycles. The molecule has 0 aromatic carbocycles. The van der Waals surface area contributed by atoms with E-state index in [1.807, 2.05) is 13.8 Å². The summed E-state index contributed by atoms with van der Waals surface area (Å²) in [7, 11) is 0. The van der Waals surface area contributed by atoms with Gasteiger partial charge < -0.3 is 10.5 Å². The molecule has 0 saturated heterocycles. The molecule has 0 bridgehead atoms. The van der Waals surface area contributed by atoms with Gasteiger partial charge in [-0.15, -0.1) is 0 Å². The predicted molar refractivity (Wildman–Crippen MR) is 39.1 cm³/mol. The molecular weight excluding hydrogens is 114 g/mol. The van der Waals surface area contributed by atoms with Gasteiger partial charge in [0.1, 0.15) is 0 Å². The molecule has 0 amide bonds. The lowest BCUT2D eigenvalue weighted by Crippen LogP contribution is -1.98. The molecule has 0 aromatic rings. The Hall–Kier alpha value is -0.500. The van der Waals surface area contributed by atoms with E-state index in [0.717, 1.165) is 13.0 Å². The molecule has 9 heavy (non-hydrogen) atoms. The summed E-state index contributed by atoms with van der Waals surface area (Å²) in [6.07, 6.45) is 2.70. The Morgan fingerprint density at radius 2 is 2.33 bits per heavy atom.